The van der Waals surface area contributed by atoms with E-state index in [0.717, 1.165) is 27.5 Å². The highest BCUT2D eigenvalue weighted by atomic mass is 32.1. The Morgan fingerprint density at radius 2 is 1.87 bits per heavy atom. The van der Waals surface area contributed by atoms with Crippen molar-refractivity contribution in [3.63, 3.8) is 0 Å². The van der Waals surface area contributed by atoms with Crippen LogP contribution in [0.25, 0.3) is 22.6 Å². The first-order valence-electron chi connectivity index (χ1n) is 10.2. The van der Waals surface area contributed by atoms with Gasteiger partial charge in [-0.15, -0.1) is 11.3 Å². The van der Waals surface area contributed by atoms with Gasteiger partial charge in [0.15, 0.2) is 0 Å². The first-order chi connectivity index (χ1) is 15.0. The largest absolute Gasteiger partial charge is 0.339 e. The van der Waals surface area contributed by atoms with Gasteiger partial charge < -0.3 is 9.42 Å². The van der Waals surface area contributed by atoms with E-state index < -0.39 is 0 Å². The van der Waals surface area contributed by atoms with Gasteiger partial charge >= 0.3 is 0 Å². The number of thiazole rings is 1. The maximum Gasteiger partial charge on any atom is 0.232 e. The van der Waals surface area contributed by atoms with Crippen LogP contribution >= 0.6 is 11.3 Å². The predicted octanol–water partition coefficient (Wildman–Crippen LogP) is 5.31. The molecule has 2 aromatic carbocycles. The van der Waals surface area contributed by atoms with Crippen LogP contribution in [-0.4, -0.2) is 27.6 Å². The van der Waals surface area contributed by atoms with Crippen molar-refractivity contribution in [2.45, 2.75) is 33.1 Å². The fourth-order valence-electron chi connectivity index (χ4n) is 3.85. The van der Waals surface area contributed by atoms with E-state index in [4.69, 9.17) is 4.52 Å². The molecule has 31 heavy (non-hydrogen) atoms. The number of aromatic nitrogens is 3. The van der Waals surface area contributed by atoms with Gasteiger partial charge in [0.25, 0.3) is 0 Å². The number of hydrogen-bond acceptors (Lipinski definition) is 6. The summed E-state index contributed by atoms with van der Waals surface area (Å²) >= 11 is 1.62. The lowest BCUT2D eigenvalue weighted by molar-refractivity contribution is -0.117. The van der Waals surface area contributed by atoms with Crippen molar-refractivity contribution in [2.24, 2.45) is 0 Å². The third-order valence-electron chi connectivity index (χ3n) is 5.75. The molecule has 0 bridgehead atoms. The maximum atomic E-state index is 12.7. The second-order valence-electron chi connectivity index (χ2n) is 7.96. The number of nitrogens with zero attached hydrogens (tertiary/aromatic N) is 4. The average molecular weight is 431 g/mol. The topological polar surface area (TPSA) is 72.1 Å². The van der Waals surface area contributed by atoms with Crippen molar-refractivity contribution >= 4 is 22.9 Å². The Kier molecular flexibility index (Phi) is 4.90. The van der Waals surface area contributed by atoms with E-state index in [1.54, 1.807) is 11.3 Å². The standard InChI is InChI=1S/C24H22N4O2S/c1-14-7-8-20(9-15(14)2)28-12-19(11-22(28)29)24-26-23(27-30-24)18-6-4-5-17(10-18)21-13-31-16(3)25-21/h4-10,13,19H,11-12H2,1-3H3/t19-/m0/s1. The number of hydrogen-bond donors (Lipinski definition) is 0. The number of carbonyl (C=O) groups is 1. The molecule has 1 aliphatic heterocycles. The molecule has 6 nitrogen and oxygen atoms in total. The van der Waals surface area contributed by atoms with Gasteiger partial charge in [0.2, 0.25) is 17.6 Å². The van der Waals surface area contributed by atoms with Gasteiger partial charge in [-0.25, -0.2) is 4.98 Å². The smallest absolute Gasteiger partial charge is 0.232 e. The minimum atomic E-state index is -0.111. The number of aryl methyl sites for hydroxylation is 3. The van der Waals surface area contributed by atoms with E-state index >= 15 is 0 Å². The van der Waals surface area contributed by atoms with Gasteiger partial charge in [0, 0.05) is 35.2 Å². The zero-order valence-corrected chi connectivity index (χ0v) is 18.4. The van der Waals surface area contributed by atoms with E-state index in [2.05, 4.69) is 35.0 Å². The highest BCUT2D eigenvalue weighted by molar-refractivity contribution is 7.09. The van der Waals surface area contributed by atoms with E-state index in [9.17, 15) is 4.79 Å². The average Bonchev–Trinajstić information content (AvgIpc) is 3.50. The summed E-state index contributed by atoms with van der Waals surface area (Å²) in [7, 11) is 0. The number of amides is 1. The normalized spacial score (nSPS) is 16.3. The molecule has 0 unspecified atom stereocenters. The molecule has 1 amide bonds. The molecule has 1 atom stereocenters. The van der Waals surface area contributed by atoms with Crippen molar-refractivity contribution < 1.29 is 9.32 Å². The van der Waals surface area contributed by atoms with Crippen molar-refractivity contribution in [2.75, 3.05) is 11.4 Å². The quantitative estimate of drug-likeness (QED) is 0.439. The van der Waals surface area contributed by atoms with Crippen LogP contribution in [0.4, 0.5) is 5.69 Å². The van der Waals surface area contributed by atoms with E-state index in [1.165, 1.54) is 11.1 Å². The summed E-state index contributed by atoms with van der Waals surface area (Å²) in [6.45, 7) is 6.66. The van der Waals surface area contributed by atoms with Gasteiger partial charge in [-0.1, -0.05) is 29.4 Å². The number of rotatable bonds is 4. The number of anilines is 1. The fourth-order valence-corrected chi connectivity index (χ4v) is 4.47. The van der Waals surface area contributed by atoms with Gasteiger partial charge in [-0.2, -0.15) is 4.98 Å². The summed E-state index contributed by atoms with van der Waals surface area (Å²) < 4.78 is 5.57. The van der Waals surface area contributed by atoms with Gasteiger partial charge in [-0.3, -0.25) is 4.79 Å². The van der Waals surface area contributed by atoms with Crippen LogP contribution in [0.15, 0.2) is 52.4 Å². The summed E-state index contributed by atoms with van der Waals surface area (Å²) in [6, 6.07) is 14.1. The lowest BCUT2D eigenvalue weighted by atomic mass is 10.1. The molecule has 2 aromatic heterocycles. The van der Waals surface area contributed by atoms with E-state index in [-0.39, 0.29) is 11.8 Å². The van der Waals surface area contributed by atoms with Crippen molar-refractivity contribution in [3.05, 3.63) is 69.9 Å². The minimum Gasteiger partial charge on any atom is -0.339 e. The van der Waals surface area contributed by atoms with Crippen LogP contribution in [0.5, 0.6) is 0 Å². The highest BCUT2D eigenvalue weighted by Gasteiger charge is 2.35. The van der Waals surface area contributed by atoms with E-state index in [0.29, 0.717) is 24.7 Å². The van der Waals surface area contributed by atoms with Crippen molar-refractivity contribution in [3.8, 4) is 22.6 Å². The Morgan fingerprint density at radius 1 is 1.03 bits per heavy atom. The number of carbonyl (C=O) groups excluding carboxylic acids is 1. The Hall–Kier alpha value is -3.32. The lowest BCUT2D eigenvalue weighted by Gasteiger charge is -2.17. The second kappa shape index (κ2) is 7.74. The predicted molar refractivity (Wildman–Crippen MR) is 121 cm³/mol. The first kappa shape index (κ1) is 19.6. The molecule has 3 heterocycles. The lowest BCUT2D eigenvalue weighted by Crippen LogP contribution is -2.24. The molecular weight excluding hydrogens is 408 g/mol. The Morgan fingerprint density at radius 3 is 2.65 bits per heavy atom. The van der Waals surface area contributed by atoms with Gasteiger partial charge in [-0.05, 0) is 50.1 Å². The summed E-state index contributed by atoms with van der Waals surface area (Å²) in [5, 5.41) is 7.26. The molecule has 0 radical (unpaired) electrons. The Bertz CT molecular complexity index is 1280. The zero-order valence-electron chi connectivity index (χ0n) is 17.6. The van der Waals surface area contributed by atoms with Crippen LogP contribution in [0, 0.1) is 20.8 Å². The molecule has 5 rings (SSSR count). The van der Waals surface area contributed by atoms with Crippen molar-refractivity contribution in [1.82, 2.24) is 15.1 Å². The fraction of sp³-hybridized carbons (Fsp3) is 0.250. The molecule has 0 aliphatic carbocycles. The molecule has 1 saturated heterocycles. The molecule has 1 aliphatic rings. The van der Waals surface area contributed by atoms with Crippen LogP contribution in [0.3, 0.4) is 0 Å². The summed E-state index contributed by atoms with van der Waals surface area (Å²) in [5.41, 5.74) is 6.13. The zero-order chi connectivity index (χ0) is 21.5. The maximum absolute atomic E-state index is 12.7. The Balaban J connectivity index is 1.37. The summed E-state index contributed by atoms with van der Waals surface area (Å²) in [5.74, 6) is 0.999. The third-order valence-corrected chi connectivity index (χ3v) is 6.53. The minimum absolute atomic E-state index is 0.0777. The third kappa shape index (κ3) is 3.77. The van der Waals surface area contributed by atoms with Gasteiger partial charge in [0.1, 0.15) is 0 Å². The monoisotopic (exact) mass is 430 g/mol. The van der Waals surface area contributed by atoms with Crippen LogP contribution in [-0.2, 0) is 4.79 Å². The van der Waals surface area contributed by atoms with Crippen LogP contribution in [0.2, 0.25) is 0 Å². The summed E-state index contributed by atoms with van der Waals surface area (Å²) in [6.07, 6.45) is 0.368. The van der Waals surface area contributed by atoms with Crippen molar-refractivity contribution in [1.29, 1.82) is 0 Å². The Labute approximate surface area is 184 Å². The second-order valence-corrected chi connectivity index (χ2v) is 9.02. The summed E-state index contributed by atoms with van der Waals surface area (Å²) in [4.78, 5) is 23.7. The van der Waals surface area contributed by atoms with Crippen LogP contribution in [0.1, 0.15) is 34.4 Å². The van der Waals surface area contributed by atoms with Gasteiger partial charge in [0.05, 0.1) is 16.6 Å². The molecular formula is C24H22N4O2S. The number of benzene rings is 2. The van der Waals surface area contributed by atoms with Crippen LogP contribution < -0.4 is 4.90 Å². The molecule has 4 aromatic rings. The molecule has 7 heteroatoms. The molecule has 156 valence electrons. The highest BCUT2D eigenvalue weighted by Crippen LogP contribution is 2.33. The molecule has 0 saturated carbocycles. The molecule has 0 N–H and O–H groups in total. The molecule has 1 fully saturated rings. The van der Waals surface area contributed by atoms with E-state index in [1.807, 2.05) is 53.6 Å². The SMILES string of the molecule is Cc1nc(-c2cccc(-c3noc([C@H]4CC(=O)N(c5ccc(C)c(C)c5)C4)n3)c2)cs1. The molecule has 0 spiro atoms. The first-order valence-corrected chi connectivity index (χ1v) is 11.1.